The van der Waals surface area contributed by atoms with Crippen molar-refractivity contribution in [3.8, 4) is 11.3 Å². The molecular weight excluding hydrogens is 226 g/mol. The Labute approximate surface area is 104 Å². The SMILES string of the molecule is Cc1[nH]c2ccccc2c1-c1ccc(C=O)nn1. The van der Waals surface area contributed by atoms with E-state index >= 15 is 0 Å². The van der Waals surface area contributed by atoms with Gasteiger partial charge in [0.2, 0.25) is 0 Å². The van der Waals surface area contributed by atoms with E-state index < -0.39 is 0 Å². The van der Waals surface area contributed by atoms with Crippen molar-refractivity contribution in [2.45, 2.75) is 6.92 Å². The van der Waals surface area contributed by atoms with Gasteiger partial charge in [-0.25, -0.2) is 0 Å². The predicted octanol–water partition coefficient (Wildman–Crippen LogP) is 2.75. The number of nitrogens with zero attached hydrogens (tertiary/aromatic N) is 2. The topological polar surface area (TPSA) is 58.6 Å². The van der Waals surface area contributed by atoms with Gasteiger partial charge < -0.3 is 4.98 Å². The number of aromatic nitrogens is 3. The molecule has 0 radical (unpaired) electrons. The van der Waals surface area contributed by atoms with Crippen molar-refractivity contribution in [3.63, 3.8) is 0 Å². The van der Waals surface area contributed by atoms with Crippen molar-refractivity contribution in [1.29, 1.82) is 0 Å². The first-order valence-corrected chi connectivity index (χ1v) is 5.66. The monoisotopic (exact) mass is 237 g/mol. The highest BCUT2D eigenvalue weighted by Crippen LogP contribution is 2.30. The van der Waals surface area contributed by atoms with Gasteiger partial charge in [0.15, 0.2) is 6.29 Å². The Balaban J connectivity index is 2.23. The second-order valence-corrected chi connectivity index (χ2v) is 4.13. The minimum atomic E-state index is 0.344. The molecule has 0 amide bonds. The van der Waals surface area contributed by atoms with Crippen LogP contribution in [-0.4, -0.2) is 21.5 Å². The summed E-state index contributed by atoms with van der Waals surface area (Å²) < 4.78 is 0. The second kappa shape index (κ2) is 4.07. The lowest BCUT2D eigenvalue weighted by atomic mass is 10.1. The lowest BCUT2D eigenvalue weighted by Crippen LogP contribution is -1.93. The Bertz CT molecular complexity index is 713. The molecule has 4 heteroatoms. The number of aromatic amines is 1. The summed E-state index contributed by atoms with van der Waals surface area (Å²) >= 11 is 0. The van der Waals surface area contributed by atoms with E-state index in [9.17, 15) is 4.79 Å². The molecule has 3 rings (SSSR count). The van der Waals surface area contributed by atoms with Gasteiger partial charge >= 0.3 is 0 Å². The van der Waals surface area contributed by atoms with Gasteiger partial charge in [0.1, 0.15) is 5.69 Å². The Morgan fingerprint density at radius 1 is 1.11 bits per heavy atom. The molecule has 0 aliphatic carbocycles. The number of benzene rings is 1. The van der Waals surface area contributed by atoms with E-state index in [2.05, 4.69) is 15.2 Å². The molecule has 0 spiro atoms. The number of hydrogen-bond acceptors (Lipinski definition) is 3. The summed E-state index contributed by atoms with van der Waals surface area (Å²) in [4.78, 5) is 13.9. The fraction of sp³-hybridized carbons (Fsp3) is 0.0714. The van der Waals surface area contributed by atoms with Gasteiger partial charge in [0.05, 0.1) is 5.69 Å². The number of aryl methyl sites for hydroxylation is 1. The normalized spacial score (nSPS) is 10.7. The van der Waals surface area contributed by atoms with Crippen molar-refractivity contribution < 1.29 is 4.79 Å². The van der Waals surface area contributed by atoms with Crippen LogP contribution in [0.2, 0.25) is 0 Å². The maximum atomic E-state index is 10.6. The Morgan fingerprint density at radius 3 is 2.67 bits per heavy atom. The summed E-state index contributed by atoms with van der Waals surface area (Å²) in [5.74, 6) is 0. The number of rotatable bonds is 2. The van der Waals surface area contributed by atoms with Crippen molar-refractivity contribution in [3.05, 3.63) is 47.8 Å². The van der Waals surface area contributed by atoms with Crippen molar-refractivity contribution in [2.75, 3.05) is 0 Å². The molecule has 18 heavy (non-hydrogen) atoms. The van der Waals surface area contributed by atoms with Crippen LogP contribution in [0.3, 0.4) is 0 Å². The van der Waals surface area contributed by atoms with E-state index in [1.54, 1.807) is 6.07 Å². The van der Waals surface area contributed by atoms with E-state index in [1.165, 1.54) is 0 Å². The Morgan fingerprint density at radius 2 is 1.94 bits per heavy atom. The molecule has 2 heterocycles. The number of H-pyrrole nitrogens is 1. The molecule has 0 fully saturated rings. The lowest BCUT2D eigenvalue weighted by Gasteiger charge is -1.99. The molecule has 0 bridgehead atoms. The minimum Gasteiger partial charge on any atom is -0.358 e. The highest BCUT2D eigenvalue weighted by molar-refractivity contribution is 5.96. The number of hydrogen-bond donors (Lipinski definition) is 1. The summed E-state index contributed by atoms with van der Waals surface area (Å²) in [6.45, 7) is 2.00. The highest BCUT2D eigenvalue weighted by atomic mass is 16.1. The molecular formula is C14H11N3O. The first kappa shape index (κ1) is 10.7. The van der Waals surface area contributed by atoms with Crippen LogP contribution >= 0.6 is 0 Å². The molecule has 1 aromatic carbocycles. The van der Waals surface area contributed by atoms with Crippen LogP contribution in [0.1, 0.15) is 16.2 Å². The molecule has 0 saturated heterocycles. The average Bonchev–Trinajstić information content (AvgIpc) is 2.75. The largest absolute Gasteiger partial charge is 0.358 e. The van der Waals surface area contributed by atoms with Crippen LogP contribution in [0, 0.1) is 6.92 Å². The molecule has 0 unspecified atom stereocenters. The van der Waals surface area contributed by atoms with E-state index in [0.717, 1.165) is 27.9 Å². The summed E-state index contributed by atoms with van der Waals surface area (Å²) in [6.07, 6.45) is 0.693. The van der Waals surface area contributed by atoms with Crippen LogP contribution in [0.5, 0.6) is 0 Å². The molecule has 88 valence electrons. The standard InChI is InChI=1S/C14H11N3O/c1-9-14(11-4-2-3-5-12(11)15-9)13-7-6-10(8-18)16-17-13/h2-8,15H,1H3. The zero-order valence-electron chi connectivity index (χ0n) is 9.84. The highest BCUT2D eigenvalue weighted by Gasteiger charge is 2.11. The van der Waals surface area contributed by atoms with Crippen molar-refractivity contribution in [1.82, 2.24) is 15.2 Å². The van der Waals surface area contributed by atoms with Gasteiger partial charge in [0.25, 0.3) is 0 Å². The zero-order valence-corrected chi connectivity index (χ0v) is 9.84. The molecule has 0 aliphatic heterocycles. The number of carbonyl (C=O) groups is 1. The van der Waals surface area contributed by atoms with Crippen LogP contribution in [0.4, 0.5) is 0 Å². The molecule has 2 aromatic heterocycles. The van der Waals surface area contributed by atoms with Crippen molar-refractivity contribution >= 4 is 17.2 Å². The molecule has 0 saturated carbocycles. The summed E-state index contributed by atoms with van der Waals surface area (Å²) in [6, 6.07) is 11.5. The number of para-hydroxylation sites is 1. The van der Waals surface area contributed by atoms with Crippen molar-refractivity contribution in [2.24, 2.45) is 0 Å². The molecule has 3 aromatic rings. The van der Waals surface area contributed by atoms with Gasteiger partial charge in [-0.05, 0) is 25.1 Å². The maximum absolute atomic E-state index is 10.6. The third-order valence-electron chi connectivity index (χ3n) is 2.96. The molecule has 0 aliphatic rings. The lowest BCUT2D eigenvalue weighted by molar-refractivity contribution is 0.111. The number of fused-ring (bicyclic) bond motifs is 1. The summed E-state index contributed by atoms with van der Waals surface area (Å²) in [7, 11) is 0. The van der Waals surface area contributed by atoms with Crippen LogP contribution in [0.25, 0.3) is 22.2 Å². The number of nitrogens with one attached hydrogen (secondary N) is 1. The average molecular weight is 237 g/mol. The molecule has 0 atom stereocenters. The van der Waals surface area contributed by atoms with Crippen LogP contribution in [-0.2, 0) is 0 Å². The summed E-state index contributed by atoms with van der Waals surface area (Å²) in [5.41, 5.74) is 4.28. The predicted molar refractivity (Wildman–Crippen MR) is 69.4 cm³/mol. The smallest absolute Gasteiger partial charge is 0.170 e. The fourth-order valence-corrected chi connectivity index (χ4v) is 2.15. The summed E-state index contributed by atoms with van der Waals surface area (Å²) in [5, 5.41) is 9.08. The maximum Gasteiger partial charge on any atom is 0.170 e. The minimum absolute atomic E-state index is 0.344. The third-order valence-corrected chi connectivity index (χ3v) is 2.96. The van der Waals surface area contributed by atoms with E-state index in [-0.39, 0.29) is 0 Å². The van der Waals surface area contributed by atoms with Gasteiger partial charge in [0, 0.05) is 22.2 Å². The second-order valence-electron chi connectivity index (χ2n) is 4.13. The molecule has 4 nitrogen and oxygen atoms in total. The van der Waals surface area contributed by atoms with Crippen LogP contribution in [0.15, 0.2) is 36.4 Å². The van der Waals surface area contributed by atoms with Crippen LogP contribution < -0.4 is 0 Å². The number of aldehydes is 1. The quantitative estimate of drug-likeness (QED) is 0.697. The zero-order chi connectivity index (χ0) is 12.5. The Hall–Kier alpha value is -2.49. The Kier molecular flexibility index (Phi) is 2.41. The fourth-order valence-electron chi connectivity index (χ4n) is 2.15. The van der Waals surface area contributed by atoms with Gasteiger partial charge in [-0.2, -0.15) is 0 Å². The van der Waals surface area contributed by atoms with Gasteiger partial charge in [-0.3, -0.25) is 4.79 Å². The van der Waals surface area contributed by atoms with Gasteiger partial charge in [-0.1, -0.05) is 18.2 Å². The van der Waals surface area contributed by atoms with E-state index in [1.807, 2.05) is 37.3 Å². The first-order chi connectivity index (χ1) is 8.79. The van der Waals surface area contributed by atoms with E-state index in [4.69, 9.17) is 0 Å². The van der Waals surface area contributed by atoms with Gasteiger partial charge in [-0.15, -0.1) is 10.2 Å². The number of carbonyl (C=O) groups excluding carboxylic acids is 1. The molecule has 1 N–H and O–H groups in total. The third kappa shape index (κ3) is 1.59. The first-order valence-electron chi connectivity index (χ1n) is 5.66. The van der Waals surface area contributed by atoms with E-state index in [0.29, 0.717) is 12.0 Å².